The zero-order valence-corrected chi connectivity index (χ0v) is 12.8. The molecule has 6 nitrogen and oxygen atoms in total. The third-order valence-corrected chi connectivity index (χ3v) is 4.00. The molecular formula is C17H15N5O. The Hall–Kier alpha value is -3.15. The molecule has 0 atom stereocenters. The van der Waals surface area contributed by atoms with Crippen LogP contribution >= 0.6 is 0 Å². The molecule has 4 rings (SSSR count). The number of carbonyl (C=O) groups excluding carboxylic acids is 1. The van der Waals surface area contributed by atoms with Gasteiger partial charge < -0.3 is 10.4 Å². The van der Waals surface area contributed by atoms with Crippen LogP contribution in [0.5, 0.6) is 0 Å². The Morgan fingerprint density at radius 1 is 1.30 bits per heavy atom. The number of aryl methyl sites for hydroxylation is 1. The minimum absolute atomic E-state index is 0.111. The van der Waals surface area contributed by atoms with E-state index in [4.69, 9.17) is 0 Å². The minimum Gasteiger partial charge on any atom is -0.355 e. The number of carbonyl (C=O) groups is 1. The Bertz CT molecular complexity index is 1040. The van der Waals surface area contributed by atoms with E-state index in [1.165, 1.54) is 0 Å². The van der Waals surface area contributed by atoms with Gasteiger partial charge in [-0.3, -0.25) is 9.48 Å². The lowest BCUT2D eigenvalue weighted by molar-refractivity contribution is 0.0963. The molecule has 0 spiro atoms. The van der Waals surface area contributed by atoms with Gasteiger partial charge in [-0.1, -0.05) is 12.1 Å². The van der Waals surface area contributed by atoms with Gasteiger partial charge in [-0.05, 0) is 18.2 Å². The van der Waals surface area contributed by atoms with E-state index in [-0.39, 0.29) is 5.91 Å². The fourth-order valence-corrected chi connectivity index (χ4v) is 2.85. The average molecular weight is 305 g/mol. The SMILES string of the molecule is CNC(=O)c1cccc(-c2cc3c(ncc4c[nH]n(C)c43)n2)c1. The van der Waals surface area contributed by atoms with Crippen molar-refractivity contribution in [3.63, 3.8) is 0 Å². The van der Waals surface area contributed by atoms with Crippen molar-refractivity contribution in [2.24, 2.45) is 7.05 Å². The van der Waals surface area contributed by atoms with E-state index < -0.39 is 0 Å². The molecule has 3 aromatic heterocycles. The average Bonchev–Trinajstić information content (AvgIpc) is 3.17. The summed E-state index contributed by atoms with van der Waals surface area (Å²) in [5.74, 6) is -0.111. The predicted octanol–water partition coefficient (Wildman–Crippen LogP) is 2.48. The second kappa shape index (κ2) is 4.95. The molecular weight excluding hydrogens is 290 g/mol. The van der Waals surface area contributed by atoms with Crippen LogP contribution in [0.4, 0.5) is 0 Å². The second-order valence-electron chi connectivity index (χ2n) is 5.43. The maximum absolute atomic E-state index is 11.8. The molecule has 0 aliphatic carbocycles. The highest BCUT2D eigenvalue weighted by molar-refractivity contribution is 6.04. The predicted molar refractivity (Wildman–Crippen MR) is 89.2 cm³/mol. The van der Waals surface area contributed by atoms with Gasteiger partial charge in [0.15, 0.2) is 5.65 Å². The fraction of sp³-hybridized carbons (Fsp3) is 0.118. The summed E-state index contributed by atoms with van der Waals surface area (Å²) in [6, 6.07) is 9.45. The van der Waals surface area contributed by atoms with E-state index in [2.05, 4.69) is 20.4 Å². The molecule has 0 radical (unpaired) electrons. The standard InChI is InChI=1S/C17H15N5O/c1-18-17(23)11-5-3-4-10(6-11)14-7-13-15-12(9-20-22(15)2)8-19-16(13)21-14/h3-9,20H,1-2H3,(H,18,23). The van der Waals surface area contributed by atoms with Crippen molar-refractivity contribution in [2.75, 3.05) is 7.05 Å². The van der Waals surface area contributed by atoms with Gasteiger partial charge in [-0.2, -0.15) is 0 Å². The van der Waals surface area contributed by atoms with Crippen LogP contribution in [0.3, 0.4) is 0 Å². The first-order valence-corrected chi connectivity index (χ1v) is 7.29. The number of fused-ring (bicyclic) bond motifs is 3. The summed E-state index contributed by atoms with van der Waals surface area (Å²) in [5.41, 5.74) is 4.09. The van der Waals surface area contributed by atoms with Gasteiger partial charge in [0.05, 0.1) is 11.2 Å². The maximum atomic E-state index is 11.8. The molecule has 0 aliphatic heterocycles. The van der Waals surface area contributed by atoms with Gasteiger partial charge in [-0.25, -0.2) is 9.97 Å². The Balaban J connectivity index is 1.91. The molecule has 0 unspecified atom stereocenters. The van der Waals surface area contributed by atoms with Gasteiger partial charge in [-0.15, -0.1) is 0 Å². The number of aromatic amines is 1. The van der Waals surface area contributed by atoms with E-state index in [0.29, 0.717) is 11.2 Å². The van der Waals surface area contributed by atoms with Crippen LogP contribution in [-0.2, 0) is 7.05 Å². The number of pyridine rings is 1. The highest BCUT2D eigenvalue weighted by atomic mass is 16.1. The quantitative estimate of drug-likeness (QED) is 0.597. The van der Waals surface area contributed by atoms with Crippen LogP contribution in [-0.4, -0.2) is 32.7 Å². The van der Waals surface area contributed by atoms with Crippen LogP contribution in [0.25, 0.3) is 33.2 Å². The summed E-state index contributed by atoms with van der Waals surface area (Å²) in [7, 11) is 3.58. The molecule has 1 aromatic carbocycles. The number of H-pyrrole nitrogens is 1. The van der Waals surface area contributed by atoms with E-state index in [0.717, 1.165) is 27.5 Å². The van der Waals surface area contributed by atoms with Gasteiger partial charge in [0.25, 0.3) is 5.91 Å². The number of amides is 1. The van der Waals surface area contributed by atoms with E-state index in [1.807, 2.05) is 48.4 Å². The Morgan fingerprint density at radius 3 is 3.00 bits per heavy atom. The molecule has 114 valence electrons. The van der Waals surface area contributed by atoms with Gasteiger partial charge in [0.2, 0.25) is 0 Å². The van der Waals surface area contributed by atoms with Crippen molar-refractivity contribution >= 4 is 27.8 Å². The van der Waals surface area contributed by atoms with Crippen LogP contribution in [0.1, 0.15) is 10.4 Å². The van der Waals surface area contributed by atoms with Gasteiger partial charge >= 0.3 is 0 Å². The first-order chi connectivity index (χ1) is 11.2. The number of nitrogens with one attached hydrogen (secondary N) is 2. The van der Waals surface area contributed by atoms with E-state index >= 15 is 0 Å². The van der Waals surface area contributed by atoms with Crippen molar-refractivity contribution < 1.29 is 4.79 Å². The normalized spacial score (nSPS) is 11.2. The van der Waals surface area contributed by atoms with Crippen molar-refractivity contribution in [3.05, 3.63) is 48.3 Å². The molecule has 1 amide bonds. The van der Waals surface area contributed by atoms with Gasteiger partial charge in [0.1, 0.15) is 0 Å². The zero-order valence-electron chi connectivity index (χ0n) is 12.8. The zero-order chi connectivity index (χ0) is 16.0. The summed E-state index contributed by atoms with van der Waals surface area (Å²) < 4.78 is 1.95. The lowest BCUT2D eigenvalue weighted by atomic mass is 10.1. The van der Waals surface area contributed by atoms with Crippen molar-refractivity contribution in [1.82, 2.24) is 25.1 Å². The summed E-state index contributed by atoms with van der Waals surface area (Å²) in [4.78, 5) is 20.8. The molecule has 0 saturated heterocycles. The van der Waals surface area contributed by atoms with Crippen molar-refractivity contribution in [1.29, 1.82) is 0 Å². The topological polar surface area (TPSA) is 75.6 Å². The molecule has 0 saturated carbocycles. The smallest absolute Gasteiger partial charge is 0.251 e. The van der Waals surface area contributed by atoms with E-state index in [9.17, 15) is 4.79 Å². The first kappa shape index (κ1) is 13.5. The largest absolute Gasteiger partial charge is 0.355 e. The lowest BCUT2D eigenvalue weighted by Gasteiger charge is -2.02. The molecule has 23 heavy (non-hydrogen) atoms. The van der Waals surface area contributed by atoms with Crippen LogP contribution in [0, 0.1) is 0 Å². The minimum atomic E-state index is -0.111. The molecule has 6 heteroatoms. The van der Waals surface area contributed by atoms with Crippen LogP contribution in [0.15, 0.2) is 42.7 Å². The molecule has 2 N–H and O–H groups in total. The molecule has 0 bridgehead atoms. The second-order valence-corrected chi connectivity index (χ2v) is 5.43. The number of rotatable bonds is 2. The highest BCUT2D eigenvalue weighted by Crippen LogP contribution is 2.28. The number of benzene rings is 1. The summed E-state index contributed by atoms with van der Waals surface area (Å²) in [6.45, 7) is 0. The molecule has 4 aromatic rings. The number of aromatic nitrogens is 4. The molecule has 0 fully saturated rings. The van der Waals surface area contributed by atoms with Crippen molar-refractivity contribution in [2.45, 2.75) is 0 Å². The summed E-state index contributed by atoms with van der Waals surface area (Å²) in [6.07, 6.45) is 3.73. The first-order valence-electron chi connectivity index (χ1n) is 7.29. The van der Waals surface area contributed by atoms with Crippen LogP contribution < -0.4 is 5.32 Å². The summed E-state index contributed by atoms with van der Waals surface area (Å²) in [5, 5.41) is 7.81. The summed E-state index contributed by atoms with van der Waals surface area (Å²) >= 11 is 0. The Morgan fingerprint density at radius 2 is 2.17 bits per heavy atom. The third-order valence-electron chi connectivity index (χ3n) is 4.00. The van der Waals surface area contributed by atoms with Crippen molar-refractivity contribution in [3.8, 4) is 11.3 Å². The lowest BCUT2D eigenvalue weighted by Crippen LogP contribution is -2.17. The Labute approximate surface area is 132 Å². The monoisotopic (exact) mass is 305 g/mol. The number of hydrogen-bond acceptors (Lipinski definition) is 3. The van der Waals surface area contributed by atoms with Crippen LogP contribution in [0.2, 0.25) is 0 Å². The molecule has 3 heterocycles. The Kier molecular flexibility index (Phi) is 2.90. The number of nitrogens with zero attached hydrogens (tertiary/aromatic N) is 3. The fourth-order valence-electron chi connectivity index (χ4n) is 2.85. The third kappa shape index (κ3) is 2.07. The maximum Gasteiger partial charge on any atom is 0.251 e. The molecule has 0 aliphatic rings. The number of hydrogen-bond donors (Lipinski definition) is 2. The van der Waals surface area contributed by atoms with E-state index in [1.54, 1.807) is 13.1 Å². The highest BCUT2D eigenvalue weighted by Gasteiger charge is 2.12. The van der Waals surface area contributed by atoms with Gasteiger partial charge in [0, 0.05) is 48.4 Å².